The van der Waals surface area contributed by atoms with Crippen LogP contribution in [0.25, 0.3) is 50.2 Å². The van der Waals surface area contributed by atoms with Crippen LogP contribution in [0.4, 0.5) is 34.9 Å². The minimum atomic E-state index is -2.97. The van der Waals surface area contributed by atoms with Gasteiger partial charge in [0.1, 0.15) is 26.5 Å². The summed E-state index contributed by atoms with van der Waals surface area (Å²) in [5.41, 5.74) is 22.1. The lowest BCUT2D eigenvalue weighted by atomic mass is 10.1. The van der Waals surface area contributed by atoms with Gasteiger partial charge in [0.25, 0.3) is 17.7 Å². The zero-order valence-electron chi connectivity index (χ0n) is 68.0. The Morgan fingerprint density at radius 3 is 1.08 bits per heavy atom. The number of carbonyl (C=O) groups excluding carboxylic acids is 3. The maximum Gasteiger partial charge on any atom is 0.280 e. The lowest BCUT2D eigenvalue weighted by Crippen LogP contribution is -2.31. The van der Waals surface area contributed by atoms with E-state index >= 15 is 0 Å². The summed E-state index contributed by atoms with van der Waals surface area (Å²) in [5.74, 6) is -0.851. The van der Waals surface area contributed by atoms with Crippen molar-refractivity contribution in [2.24, 2.45) is 0 Å². The molecule has 0 spiro atoms. The number of pyridine rings is 3. The zero-order chi connectivity index (χ0) is 84.9. The van der Waals surface area contributed by atoms with Gasteiger partial charge in [-0.25, -0.2) is 39.8 Å². The first-order chi connectivity index (χ1) is 58.8. The third-order valence-corrected chi connectivity index (χ3v) is 22.1. The molecule has 0 fully saturated rings. The number of aliphatic hydroxyl groups excluding tert-OH is 2. The Bertz CT molecular complexity index is 6030. The average Bonchev–Trinajstić information content (AvgIpc) is 1.76. The average molecular weight is 1660 g/mol. The fourth-order valence-corrected chi connectivity index (χ4v) is 15.4. The highest BCUT2D eigenvalue weighted by atomic mass is 32.2. The van der Waals surface area contributed by atoms with Crippen molar-refractivity contribution in [1.82, 2.24) is 75.6 Å². The van der Waals surface area contributed by atoms with Crippen molar-refractivity contribution in [2.45, 2.75) is 77.0 Å². The van der Waals surface area contributed by atoms with E-state index in [1.165, 1.54) is 104 Å². The SMILES string of the molecule is COCCNCCc1ccc(Nc2ncc3c(=O)c(C(=O)NOC)cn(-c4ccc5c(c4)CCC5)c3n2)cc1.CONC(=O)c1cn(-c2ccc3c(c2)CCC3)c2nc(Nc3ccc(CCN(CCO)CCO)cc3)ncc2c1=O.CONC(=O)c1cn(-c2ccc3c(c2)CCC3)c2nc(Nc3ccc(CCNCCS(C)(=O)=O)cc3)ncc2c1=O. The summed E-state index contributed by atoms with van der Waals surface area (Å²) in [4.78, 5) is 121. The normalized spacial score (nSPS) is 12.6. The number of aliphatic hydroxyl groups is 2. The Kier molecular flexibility index (Phi) is 29.3. The van der Waals surface area contributed by atoms with E-state index in [9.17, 15) is 47.4 Å². The molecule has 3 aliphatic carbocycles. The van der Waals surface area contributed by atoms with Gasteiger partial charge in [0.15, 0.2) is 16.9 Å². The van der Waals surface area contributed by atoms with Crippen LogP contribution in [0.1, 0.15) is 100 Å². The molecular weight excluding hydrogens is 1570 g/mol. The van der Waals surface area contributed by atoms with Gasteiger partial charge >= 0.3 is 0 Å². The zero-order valence-corrected chi connectivity index (χ0v) is 68.8. The van der Waals surface area contributed by atoms with Crippen molar-refractivity contribution in [1.29, 1.82) is 0 Å². The Morgan fingerprint density at radius 2 is 0.760 bits per heavy atom. The number of hydroxylamine groups is 3. The number of hydrogen-bond acceptors (Lipinski definition) is 26. The highest BCUT2D eigenvalue weighted by Gasteiger charge is 2.25. The van der Waals surface area contributed by atoms with E-state index in [1.54, 1.807) is 20.8 Å². The first-order valence-corrected chi connectivity index (χ1v) is 42.1. The number of aryl methyl sites for hydroxylation is 6. The number of anilines is 6. The van der Waals surface area contributed by atoms with E-state index in [0.29, 0.717) is 67.6 Å². The molecule has 0 aliphatic heterocycles. The summed E-state index contributed by atoms with van der Waals surface area (Å²) in [6.45, 7) is 5.35. The van der Waals surface area contributed by atoms with Crippen LogP contribution in [-0.4, -0.2) is 191 Å². The molecule has 0 bridgehead atoms. The van der Waals surface area contributed by atoms with Crippen LogP contribution in [0.5, 0.6) is 0 Å². The van der Waals surface area contributed by atoms with Crippen LogP contribution in [0.2, 0.25) is 0 Å². The maximum atomic E-state index is 13.3. The van der Waals surface area contributed by atoms with Crippen LogP contribution < -0.4 is 59.3 Å². The third kappa shape index (κ3) is 22.0. The van der Waals surface area contributed by atoms with Crippen molar-refractivity contribution in [2.75, 3.05) is 122 Å². The number of nitrogens with one attached hydrogen (secondary N) is 8. The molecule has 121 heavy (non-hydrogen) atoms. The topological polar surface area (TPSA) is 406 Å². The van der Waals surface area contributed by atoms with Crippen LogP contribution in [0, 0.1) is 0 Å². The molecule has 6 aromatic heterocycles. The fourth-order valence-electron chi connectivity index (χ4n) is 14.9. The molecule has 3 aliphatic rings. The first kappa shape index (κ1) is 86.4. The van der Waals surface area contributed by atoms with Gasteiger partial charge < -0.3 is 55.2 Å². The molecule has 0 saturated carbocycles. The lowest BCUT2D eigenvalue weighted by molar-refractivity contribution is 0.0532. The molecule has 10 N–H and O–H groups in total. The Hall–Kier alpha value is -12.4. The van der Waals surface area contributed by atoms with Crippen molar-refractivity contribution in [3.8, 4) is 17.1 Å². The third-order valence-electron chi connectivity index (χ3n) is 21.1. The van der Waals surface area contributed by atoms with Gasteiger partial charge in [-0.05, 0) is 213 Å². The lowest BCUT2D eigenvalue weighted by Gasteiger charge is -2.20. The van der Waals surface area contributed by atoms with Crippen LogP contribution in [-0.2, 0) is 86.9 Å². The second kappa shape index (κ2) is 41.0. The number of amides is 3. The van der Waals surface area contributed by atoms with E-state index in [4.69, 9.17) is 29.2 Å². The molecule has 6 heterocycles. The highest BCUT2D eigenvalue weighted by Crippen LogP contribution is 2.31. The highest BCUT2D eigenvalue weighted by molar-refractivity contribution is 7.90. The van der Waals surface area contributed by atoms with Gasteiger partial charge in [-0.2, -0.15) is 15.0 Å². The molecule has 0 atom stereocenters. The number of ether oxygens (including phenoxy) is 1. The largest absolute Gasteiger partial charge is 0.395 e. The molecule has 12 aromatic rings. The smallest absolute Gasteiger partial charge is 0.280 e. The van der Waals surface area contributed by atoms with Gasteiger partial charge in [0.2, 0.25) is 34.1 Å². The second-order valence-corrected chi connectivity index (χ2v) is 31.7. The van der Waals surface area contributed by atoms with E-state index < -0.39 is 43.8 Å². The number of hydrogen-bond donors (Lipinski definition) is 10. The van der Waals surface area contributed by atoms with Gasteiger partial charge in [-0.1, -0.05) is 54.6 Å². The molecule has 0 unspecified atom stereocenters. The fraction of sp³-hybridized carbons (Fsp3) is 0.318. The molecule has 0 saturated heterocycles. The summed E-state index contributed by atoms with van der Waals surface area (Å²) in [6.07, 6.45) is 21.9. The molecule has 32 nitrogen and oxygen atoms in total. The van der Waals surface area contributed by atoms with Crippen molar-refractivity contribution >= 4 is 95.6 Å². The maximum absolute atomic E-state index is 13.3. The summed E-state index contributed by atoms with van der Waals surface area (Å²) in [5, 5.41) is 35.2. The molecule has 15 rings (SSSR count). The Morgan fingerprint density at radius 1 is 0.430 bits per heavy atom. The van der Waals surface area contributed by atoms with Crippen LogP contribution in [0.15, 0.2) is 179 Å². The predicted molar refractivity (Wildman–Crippen MR) is 463 cm³/mol. The number of carbonyl (C=O) groups is 3. The summed E-state index contributed by atoms with van der Waals surface area (Å²) < 4.78 is 32.8. The molecule has 630 valence electrons. The number of fused-ring (bicyclic) bond motifs is 6. The monoisotopic (exact) mass is 1660 g/mol. The summed E-state index contributed by atoms with van der Waals surface area (Å²) >= 11 is 0. The Balaban J connectivity index is 0.000000157. The van der Waals surface area contributed by atoms with E-state index in [1.807, 2.05) is 83.8 Å². The van der Waals surface area contributed by atoms with E-state index in [2.05, 4.69) is 111 Å². The number of nitrogens with zero attached hydrogens (tertiary/aromatic N) is 10. The minimum absolute atomic E-state index is 0.0522. The van der Waals surface area contributed by atoms with Gasteiger partial charge in [-0.3, -0.25) is 48.2 Å². The van der Waals surface area contributed by atoms with Crippen molar-refractivity contribution < 1.29 is 52.3 Å². The molecular formula is C88H98N18O14S. The molecule has 6 aromatic carbocycles. The first-order valence-electron chi connectivity index (χ1n) is 40.0. The van der Waals surface area contributed by atoms with Gasteiger partial charge in [0, 0.05) is 117 Å². The van der Waals surface area contributed by atoms with Gasteiger partial charge in [-0.15, -0.1) is 0 Å². The molecule has 0 radical (unpaired) electrons. The van der Waals surface area contributed by atoms with E-state index in [-0.39, 0.29) is 51.8 Å². The number of aromatic nitrogens is 9. The number of benzene rings is 6. The molecule has 3 amide bonds. The van der Waals surface area contributed by atoms with Crippen molar-refractivity contribution in [3.05, 3.63) is 262 Å². The predicted octanol–water partition coefficient (Wildman–Crippen LogP) is 7.70. The quantitative estimate of drug-likeness (QED) is 0.0136. The number of rotatable bonds is 34. The summed E-state index contributed by atoms with van der Waals surface area (Å²) in [6, 6.07) is 42.2. The number of sulfone groups is 1. The second-order valence-electron chi connectivity index (χ2n) is 29.5. The number of methoxy groups -OCH3 is 1. The Labute approximate surface area is 698 Å². The van der Waals surface area contributed by atoms with E-state index in [0.717, 1.165) is 142 Å². The summed E-state index contributed by atoms with van der Waals surface area (Å²) in [7, 11) is 2.67. The minimum Gasteiger partial charge on any atom is -0.395 e. The van der Waals surface area contributed by atoms with Crippen LogP contribution in [0.3, 0.4) is 0 Å². The van der Waals surface area contributed by atoms with Gasteiger partial charge in [0.05, 0.1) is 63.1 Å². The molecule has 33 heteroatoms. The standard InChI is InChI=1S/C30H34N6O5.C29H32N6O5S.C29H32N6O4/c1-41-34-29(40)26-19-36(24-10-7-21-3-2-4-22(21)17-24)28-25(27(26)39)18-31-30(33-28)32-23-8-5-20(6-9-23)11-12-35(13-15-37)14-16-38;1-40-34-28(37)25-18-35(23-11-8-20-4-3-5-21(20)16-23)27-24(26(25)36)17-31-29(33-27)32-22-9-6-19(7-10-22)12-13-30-14-15-41(2,38)39;1-38-15-14-30-13-12-19-6-9-22(10-7-19)32-29-31-17-24-26(36)25(28(37)34-39-2)18-35(27(24)33-29)23-11-8-20-4-3-5-21(20)16-23/h5-10,17-19,37-38H,2-4,11-16H2,1H3,(H,34,40)(H,31,32,33);6-11,16-18,30H,3-5,12-15H2,1-2H3,(H,34,37)(H,31,32,33);6-11,16-18,30H,3-5,12-15H2,1-2H3,(H,34,37)(H,31,32,33). The van der Waals surface area contributed by atoms with Crippen LogP contribution >= 0.6 is 0 Å². The van der Waals surface area contributed by atoms with Crippen molar-refractivity contribution in [3.63, 3.8) is 0 Å².